The summed E-state index contributed by atoms with van der Waals surface area (Å²) in [5, 5.41) is 4.41. The molecule has 0 N–H and O–H groups in total. The van der Waals surface area contributed by atoms with E-state index in [9.17, 15) is 0 Å². The third kappa shape index (κ3) is 3.61. The van der Waals surface area contributed by atoms with Gasteiger partial charge < -0.3 is 0 Å². The van der Waals surface area contributed by atoms with Crippen molar-refractivity contribution < 1.29 is 0 Å². The Morgan fingerprint density at radius 1 is 1.17 bits per heavy atom. The van der Waals surface area contributed by atoms with Crippen LogP contribution in [0.2, 0.25) is 0 Å². The maximum atomic E-state index is 5.74. The van der Waals surface area contributed by atoms with E-state index < -0.39 is 0 Å². The Bertz CT molecular complexity index is 464. The summed E-state index contributed by atoms with van der Waals surface area (Å²) in [6.07, 6.45) is 6.25. The first-order chi connectivity index (χ1) is 8.79. The smallest absolute Gasteiger partial charge is 0.0568 e. The summed E-state index contributed by atoms with van der Waals surface area (Å²) in [5.41, 5.74) is 2.40. The van der Waals surface area contributed by atoms with Crippen LogP contribution in [0.15, 0.2) is 42.7 Å². The van der Waals surface area contributed by atoms with Crippen LogP contribution < -0.4 is 0 Å². The number of aryl methyl sites for hydroxylation is 1. The molecule has 0 aliphatic heterocycles. The summed E-state index contributed by atoms with van der Waals surface area (Å²) in [6, 6.07) is 10.3. The van der Waals surface area contributed by atoms with Crippen molar-refractivity contribution in [1.82, 2.24) is 9.78 Å². The average Bonchev–Trinajstić information content (AvgIpc) is 2.87. The molecule has 1 aromatic carbocycles. The van der Waals surface area contributed by atoms with Crippen LogP contribution in [0.1, 0.15) is 19.8 Å². The summed E-state index contributed by atoms with van der Waals surface area (Å²) >= 11 is 5.74. The van der Waals surface area contributed by atoms with Gasteiger partial charge in [-0.1, -0.05) is 37.3 Å². The third-order valence-electron chi connectivity index (χ3n) is 3.19. The first-order valence-electron chi connectivity index (χ1n) is 6.43. The highest BCUT2D eigenvalue weighted by atomic mass is 35.5. The number of hydrogen-bond acceptors (Lipinski definition) is 1. The van der Waals surface area contributed by atoms with Gasteiger partial charge in [0.2, 0.25) is 0 Å². The molecule has 0 bridgehead atoms. The molecule has 0 radical (unpaired) electrons. The molecule has 2 aromatic rings. The maximum absolute atomic E-state index is 5.74. The summed E-state index contributed by atoms with van der Waals surface area (Å²) in [5.74, 6) is 1.40. The monoisotopic (exact) mass is 262 g/mol. The quantitative estimate of drug-likeness (QED) is 0.714. The molecule has 0 spiro atoms. The largest absolute Gasteiger partial charge is 0.272 e. The minimum absolute atomic E-state index is 0.659. The first-order valence-corrected chi connectivity index (χ1v) is 6.97. The molecule has 0 aliphatic carbocycles. The second kappa shape index (κ2) is 6.60. The molecule has 0 saturated carbocycles. The molecule has 1 heterocycles. The van der Waals surface area contributed by atoms with Gasteiger partial charge in [0, 0.05) is 24.2 Å². The van der Waals surface area contributed by atoms with Gasteiger partial charge in [-0.25, -0.2) is 0 Å². The molecule has 0 amide bonds. The molecule has 1 unspecified atom stereocenters. The summed E-state index contributed by atoms with van der Waals surface area (Å²) < 4.78 is 2.02. The lowest BCUT2D eigenvalue weighted by Gasteiger charge is -2.08. The SMILES string of the molecule is CC(CCCl)CCn1cc(-c2ccccc2)cn1. The summed E-state index contributed by atoms with van der Waals surface area (Å²) in [4.78, 5) is 0. The van der Waals surface area contributed by atoms with E-state index in [0.29, 0.717) is 5.92 Å². The van der Waals surface area contributed by atoms with Crippen LogP contribution in [0.5, 0.6) is 0 Å². The van der Waals surface area contributed by atoms with E-state index in [0.717, 1.165) is 25.3 Å². The highest BCUT2D eigenvalue weighted by molar-refractivity contribution is 6.17. The molecular weight excluding hydrogens is 244 g/mol. The van der Waals surface area contributed by atoms with Gasteiger partial charge in [-0.15, -0.1) is 11.6 Å². The van der Waals surface area contributed by atoms with Crippen LogP contribution in [0.4, 0.5) is 0 Å². The zero-order chi connectivity index (χ0) is 12.8. The number of nitrogens with zero attached hydrogens (tertiary/aromatic N) is 2. The minimum Gasteiger partial charge on any atom is -0.272 e. The van der Waals surface area contributed by atoms with Crippen molar-refractivity contribution in [2.45, 2.75) is 26.3 Å². The highest BCUT2D eigenvalue weighted by Gasteiger charge is 2.04. The Labute approximate surface area is 114 Å². The zero-order valence-electron chi connectivity index (χ0n) is 10.7. The van der Waals surface area contributed by atoms with Crippen molar-refractivity contribution in [3.05, 3.63) is 42.7 Å². The molecular formula is C15H19ClN2. The number of halogens is 1. The van der Waals surface area contributed by atoms with Crippen LogP contribution in [0.3, 0.4) is 0 Å². The van der Waals surface area contributed by atoms with Gasteiger partial charge in [-0.3, -0.25) is 4.68 Å². The van der Waals surface area contributed by atoms with Crippen LogP contribution in [-0.2, 0) is 6.54 Å². The van der Waals surface area contributed by atoms with E-state index in [2.05, 4.69) is 42.5 Å². The number of alkyl halides is 1. The number of benzene rings is 1. The van der Waals surface area contributed by atoms with Crippen LogP contribution in [0.25, 0.3) is 11.1 Å². The molecule has 0 fully saturated rings. The van der Waals surface area contributed by atoms with E-state index in [1.165, 1.54) is 11.1 Å². The molecule has 96 valence electrons. The van der Waals surface area contributed by atoms with E-state index in [1.54, 1.807) is 0 Å². The van der Waals surface area contributed by atoms with E-state index in [4.69, 9.17) is 11.6 Å². The average molecular weight is 263 g/mol. The lowest BCUT2D eigenvalue weighted by Crippen LogP contribution is -2.04. The Kier molecular flexibility index (Phi) is 4.82. The van der Waals surface area contributed by atoms with E-state index in [-0.39, 0.29) is 0 Å². The third-order valence-corrected chi connectivity index (χ3v) is 3.41. The molecule has 2 nitrogen and oxygen atoms in total. The molecule has 0 saturated heterocycles. The fourth-order valence-corrected chi connectivity index (χ4v) is 2.32. The van der Waals surface area contributed by atoms with Crippen LogP contribution in [0, 0.1) is 5.92 Å². The Balaban J connectivity index is 1.95. The minimum atomic E-state index is 0.659. The highest BCUT2D eigenvalue weighted by Crippen LogP contribution is 2.18. The van der Waals surface area contributed by atoms with Crippen LogP contribution in [-0.4, -0.2) is 15.7 Å². The van der Waals surface area contributed by atoms with Crippen molar-refractivity contribution in [2.24, 2.45) is 5.92 Å². The Morgan fingerprint density at radius 3 is 2.67 bits per heavy atom. The molecule has 3 heteroatoms. The van der Waals surface area contributed by atoms with Gasteiger partial charge >= 0.3 is 0 Å². The fraction of sp³-hybridized carbons (Fsp3) is 0.400. The second-order valence-corrected chi connectivity index (χ2v) is 5.11. The maximum Gasteiger partial charge on any atom is 0.0568 e. The van der Waals surface area contributed by atoms with E-state index in [1.807, 2.05) is 16.9 Å². The molecule has 1 aromatic heterocycles. The van der Waals surface area contributed by atoms with Crippen molar-refractivity contribution in [3.63, 3.8) is 0 Å². The van der Waals surface area contributed by atoms with Gasteiger partial charge in [0.1, 0.15) is 0 Å². The second-order valence-electron chi connectivity index (χ2n) is 4.73. The summed E-state index contributed by atoms with van der Waals surface area (Å²) in [6.45, 7) is 3.20. The van der Waals surface area contributed by atoms with Gasteiger partial charge in [0.05, 0.1) is 6.20 Å². The first kappa shape index (κ1) is 13.2. The molecule has 1 atom stereocenters. The van der Waals surface area contributed by atoms with Gasteiger partial charge in [0.15, 0.2) is 0 Å². The standard InChI is InChI=1S/C15H19ClN2/c1-13(7-9-16)8-10-18-12-15(11-17-18)14-5-3-2-4-6-14/h2-6,11-13H,7-10H2,1H3. The lowest BCUT2D eigenvalue weighted by molar-refractivity contribution is 0.450. The molecule has 2 rings (SSSR count). The van der Waals surface area contributed by atoms with Crippen molar-refractivity contribution in [2.75, 3.05) is 5.88 Å². The topological polar surface area (TPSA) is 17.8 Å². The normalized spacial score (nSPS) is 12.6. The van der Waals surface area contributed by atoms with E-state index >= 15 is 0 Å². The van der Waals surface area contributed by atoms with Crippen molar-refractivity contribution >= 4 is 11.6 Å². The predicted octanol–water partition coefficient (Wildman–Crippen LogP) is 4.21. The lowest BCUT2D eigenvalue weighted by atomic mass is 10.1. The van der Waals surface area contributed by atoms with Crippen molar-refractivity contribution in [1.29, 1.82) is 0 Å². The number of hydrogen-bond donors (Lipinski definition) is 0. The fourth-order valence-electron chi connectivity index (χ4n) is 1.95. The zero-order valence-corrected chi connectivity index (χ0v) is 11.5. The van der Waals surface area contributed by atoms with Crippen LogP contribution >= 0.6 is 11.6 Å². The Hall–Kier alpha value is -1.28. The molecule has 0 aliphatic rings. The number of rotatable bonds is 6. The number of aromatic nitrogens is 2. The van der Waals surface area contributed by atoms with Gasteiger partial charge in [0.25, 0.3) is 0 Å². The van der Waals surface area contributed by atoms with Gasteiger partial charge in [-0.05, 0) is 24.3 Å². The molecule has 18 heavy (non-hydrogen) atoms. The summed E-state index contributed by atoms with van der Waals surface area (Å²) in [7, 11) is 0. The van der Waals surface area contributed by atoms with Gasteiger partial charge in [-0.2, -0.15) is 5.10 Å². The predicted molar refractivity (Wildman–Crippen MR) is 76.8 cm³/mol. The Morgan fingerprint density at radius 2 is 1.94 bits per heavy atom. The van der Waals surface area contributed by atoms with Crippen molar-refractivity contribution in [3.8, 4) is 11.1 Å².